The lowest BCUT2D eigenvalue weighted by atomic mass is 10.1. The molecule has 2 aliphatic rings. The number of nitrogens with zero attached hydrogens (tertiary/aromatic N) is 1. The summed E-state index contributed by atoms with van der Waals surface area (Å²) in [5.41, 5.74) is 2.34. The summed E-state index contributed by atoms with van der Waals surface area (Å²) in [6.07, 6.45) is -0.0911. The zero-order valence-electron chi connectivity index (χ0n) is 14.6. The minimum atomic E-state index is -0.887. The van der Waals surface area contributed by atoms with Crippen LogP contribution in [0.1, 0.15) is 29.8 Å². The van der Waals surface area contributed by atoms with Gasteiger partial charge in [0, 0.05) is 11.7 Å². The smallest absolute Gasteiger partial charge is 0.339 e. The van der Waals surface area contributed by atoms with E-state index in [1.165, 1.54) is 0 Å². The molecule has 2 atom stereocenters. The number of amides is 1. The van der Waals surface area contributed by atoms with Crippen molar-refractivity contribution in [1.82, 2.24) is 0 Å². The molecule has 2 heterocycles. The predicted octanol–water partition coefficient (Wildman–Crippen LogP) is 2.94. The van der Waals surface area contributed by atoms with Gasteiger partial charge >= 0.3 is 5.97 Å². The predicted molar refractivity (Wildman–Crippen MR) is 94.5 cm³/mol. The summed E-state index contributed by atoms with van der Waals surface area (Å²) >= 11 is 0. The van der Waals surface area contributed by atoms with Gasteiger partial charge in [-0.05, 0) is 50.1 Å². The number of carbonyl (C=O) groups excluding carboxylic acids is 2. The zero-order valence-corrected chi connectivity index (χ0v) is 14.6. The third kappa shape index (κ3) is 2.77. The largest absolute Gasteiger partial charge is 0.454 e. The molecule has 0 radical (unpaired) electrons. The first kappa shape index (κ1) is 16.4. The van der Waals surface area contributed by atoms with Crippen molar-refractivity contribution in [3.8, 4) is 11.5 Å². The highest BCUT2D eigenvalue weighted by molar-refractivity contribution is 6.01. The normalized spacial score (nSPS) is 18.4. The number of anilines is 1. The van der Waals surface area contributed by atoms with Gasteiger partial charge in [-0.15, -0.1) is 0 Å². The fourth-order valence-corrected chi connectivity index (χ4v) is 3.40. The molecule has 0 aromatic heterocycles. The lowest BCUT2D eigenvalue weighted by Crippen LogP contribution is -2.43. The van der Waals surface area contributed by atoms with E-state index in [-0.39, 0.29) is 18.7 Å². The second-order valence-electron chi connectivity index (χ2n) is 6.51. The molecule has 2 aromatic rings. The molecule has 2 aliphatic heterocycles. The van der Waals surface area contributed by atoms with Crippen LogP contribution in [-0.4, -0.2) is 30.8 Å². The molecule has 0 unspecified atom stereocenters. The topological polar surface area (TPSA) is 65.1 Å². The van der Waals surface area contributed by atoms with Gasteiger partial charge in [0.25, 0.3) is 5.91 Å². The van der Waals surface area contributed by atoms with E-state index in [1.54, 1.807) is 30.0 Å². The lowest BCUT2D eigenvalue weighted by molar-refractivity contribution is -0.126. The molecule has 0 bridgehead atoms. The molecule has 134 valence electrons. The molecule has 0 aliphatic carbocycles. The lowest BCUT2D eigenvalue weighted by Gasteiger charge is -2.25. The molecule has 0 saturated carbocycles. The Morgan fingerprint density at radius 1 is 1.15 bits per heavy atom. The van der Waals surface area contributed by atoms with Crippen molar-refractivity contribution >= 4 is 17.6 Å². The monoisotopic (exact) mass is 353 g/mol. The number of esters is 1. The van der Waals surface area contributed by atoms with Crippen molar-refractivity contribution in [1.29, 1.82) is 0 Å². The first-order valence-electron chi connectivity index (χ1n) is 8.56. The molecule has 0 N–H and O–H groups in total. The average molecular weight is 353 g/mol. The van der Waals surface area contributed by atoms with Gasteiger partial charge in [0.2, 0.25) is 6.79 Å². The van der Waals surface area contributed by atoms with Gasteiger partial charge in [-0.1, -0.05) is 18.2 Å². The number of hydrogen-bond acceptors (Lipinski definition) is 5. The van der Waals surface area contributed by atoms with E-state index in [1.807, 2.05) is 31.2 Å². The number of benzene rings is 2. The molecule has 2 aromatic carbocycles. The summed E-state index contributed by atoms with van der Waals surface area (Å²) < 4.78 is 15.9. The Morgan fingerprint density at radius 2 is 1.92 bits per heavy atom. The quantitative estimate of drug-likeness (QED) is 0.794. The molecule has 0 saturated heterocycles. The minimum absolute atomic E-state index is 0.0339. The number of carbonyl (C=O) groups is 2. The Bertz CT molecular complexity index is 878. The van der Waals surface area contributed by atoms with Crippen LogP contribution >= 0.6 is 0 Å². The van der Waals surface area contributed by atoms with E-state index in [4.69, 9.17) is 14.2 Å². The summed E-state index contributed by atoms with van der Waals surface area (Å²) in [5, 5.41) is 0. The number of ether oxygens (including phenoxy) is 3. The van der Waals surface area contributed by atoms with Crippen LogP contribution in [-0.2, 0) is 16.0 Å². The van der Waals surface area contributed by atoms with Crippen LogP contribution in [0.2, 0.25) is 0 Å². The Hall–Kier alpha value is -3.02. The maximum Gasteiger partial charge on any atom is 0.339 e. The molecular formula is C20H19NO5. The average Bonchev–Trinajstić information content (AvgIpc) is 3.23. The third-order valence-electron chi connectivity index (χ3n) is 4.68. The summed E-state index contributed by atoms with van der Waals surface area (Å²) in [5.74, 6) is 0.300. The molecule has 0 spiro atoms. The number of hydrogen-bond donors (Lipinski definition) is 0. The minimum Gasteiger partial charge on any atom is -0.454 e. The van der Waals surface area contributed by atoms with Crippen molar-refractivity contribution in [3.63, 3.8) is 0 Å². The highest BCUT2D eigenvalue weighted by Gasteiger charge is 2.34. The van der Waals surface area contributed by atoms with Gasteiger partial charge in [0.1, 0.15) is 0 Å². The Labute approximate surface area is 151 Å². The number of rotatable bonds is 3. The molecular weight excluding hydrogens is 334 g/mol. The van der Waals surface area contributed by atoms with Crippen molar-refractivity contribution < 1.29 is 23.8 Å². The second-order valence-corrected chi connectivity index (χ2v) is 6.51. The van der Waals surface area contributed by atoms with Gasteiger partial charge in [-0.2, -0.15) is 0 Å². The highest BCUT2D eigenvalue weighted by atomic mass is 16.7. The summed E-state index contributed by atoms with van der Waals surface area (Å²) in [4.78, 5) is 27.0. The Morgan fingerprint density at radius 3 is 2.77 bits per heavy atom. The van der Waals surface area contributed by atoms with E-state index in [9.17, 15) is 9.59 Å². The van der Waals surface area contributed by atoms with Gasteiger partial charge in [0.15, 0.2) is 17.6 Å². The van der Waals surface area contributed by atoms with Crippen LogP contribution in [0, 0.1) is 0 Å². The van der Waals surface area contributed by atoms with Crippen molar-refractivity contribution in [2.45, 2.75) is 32.4 Å². The molecule has 0 fully saturated rings. The van der Waals surface area contributed by atoms with Gasteiger partial charge in [-0.3, -0.25) is 4.79 Å². The molecule has 26 heavy (non-hydrogen) atoms. The van der Waals surface area contributed by atoms with E-state index in [0.717, 1.165) is 17.7 Å². The third-order valence-corrected chi connectivity index (χ3v) is 4.68. The van der Waals surface area contributed by atoms with Gasteiger partial charge in [-0.25, -0.2) is 4.79 Å². The molecule has 4 rings (SSSR count). The fourth-order valence-electron chi connectivity index (χ4n) is 3.40. The van der Waals surface area contributed by atoms with Crippen LogP contribution in [0.4, 0.5) is 5.69 Å². The highest BCUT2D eigenvalue weighted by Crippen LogP contribution is 2.34. The molecule has 1 amide bonds. The van der Waals surface area contributed by atoms with E-state index < -0.39 is 12.1 Å². The zero-order chi connectivity index (χ0) is 18.3. The van der Waals surface area contributed by atoms with Crippen molar-refractivity contribution in [2.75, 3.05) is 11.7 Å². The van der Waals surface area contributed by atoms with E-state index in [0.29, 0.717) is 17.1 Å². The van der Waals surface area contributed by atoms with E-state index >= 15 is 0 Å². The maximum atomic E-state index is 12.9. The number of para-hydroxylation sites is 1. The SMILES string of the molecule is C[C@@H]1Cc2ccccc2N1C(=O)[C@@H](C)OC(=O)c1ccc2c(c1)OCO2. The van der Waals surface area contributed by atoms with Crippen LogP contribution in [0.25, 0.3) is 0 Å². The second kappa shape index (κ2) is 6.37. The maximum absolute atomic E-state index is 12.9. The van der Waals surface area contributed by atoms with Gasteiger partial charge < -0.3 is 19.1 Å². The van der Waals surface area contributed by atoms with Gasteiger partial charge in [0.05, 0.1) is 5.56 Å². The standard InChI is InChI=1S/C20H19NO5/c1-12-9-14-5-3-4-6-16(14)21(12)19(22)13(2)26-20(23)15-7-8-17-18(10-15)25-11-24-17/h3-8,10,12-13H,9,11H2,1-2H3/t12-,13-/m1/s1. The van der Waals surface area contributed by atoms with Crippen molar-refractivity contribution in [2.24, 2.45) is 0 Å². The number of fused-ring (bicyclic) bond motifs is 2. The van der Waals surface area contributed by atoms with Crippen LogP contribution in [0.15, 0.2) is 42.5 Å². The van der Waals surface area contributed by atoms with Crippen LogP contribution in [0.5, 0.6) is 11.5 Å². The van der Waals surface area contributed by atoms with Crippen molar-refractivity contribution in [3.05, 3.63) is 53.6 Å². The first-order valence-corrected chi connectivity index (χ1v) is 8.56. The first-order chi connectivity index (χ1) is 12.5. The molecule has 6 nitrogen and oxygen atoms in total. The Balaban J connectivity index is 1.48. The summed E-state index contributed by atoms with van der Waals surface area (Å²) in [6, 6.07) is 12.7. The fraction of sp³-hybridized carbons (Fsp3) is 0.300. The summed E-state index contributed by atoms with van der Waals surface area (Å²) in [6.45, 7) is 3.72. The molecule has 6 heteroatoms. The van der Waals surface area contributed by atoms with E-state index in [2.05, 4.69) is 0 Å². The van der Waals surface area contributed by atoms with Crippen LogP contribution < -0.4 is 14.4 Å². The summed E-state index contributed by atoms with van der Waals surface area (Å²) in [7, 11) is 0. The van der Waals surface area contributed by atoms with Crippen LogP contribution in [0.3, 0.4) is 0 Å². The Kier molecular flexibility index (Phi) is 4.03.